The molecule has 0 spiro atoms. The van der Waals surface area contributed by atoms with Crippen LogP contribution in [0.4, 0.5) is 0 Å². The summed E-state index contributed by atoms with van der Waals surface area (Å²) in [6.45, 7) is -0.155. The molecule has 1 aliphatic heterocycles. The van der Waals surface area contributed by atoms with E-state index in [1.807, 2.05) is 0 Å². The van der Waals surface area contributed by atoms with Crippen LogP contribution in [0.1, 0.15) is 19.3 Å². The Morgan fingerprint density at radius 1 is 1.62 bits per heavy atom. The molecule has 13 heavy (non-hydrogen) atoms. The molecule has 5 nitrogen and oxygen atoms in total. The standard InChI is InChI=1S/C7H12BN3O2/c8-7-3-1-2-5(10-11-9)6(4-12)13-7/h5-7,12H,1-4H2/t5-,6?,7?/m1/s1. The molecule has 1 rings (SSSR count). The quantitative estimate of drug-likeness (QED) is 0.295. The molecule has 1 saturated heterocycles. The second-order valence-electron chi connectivity index (χ2n) is 3.10. The maximum Gasteiger partial charge on any atom is 0.109 e. The Labute approximate surface area is 78.1 Å². The number of hydrogen-bond donors (Lipinski definition) is 1. The highest BCUT2D eigenvalue weighted by molar-refractivity contribution is 6.11. The van der Waals surface area contributed by atoms with Crippen LogP contribution in [0.3, 0.4) is 0 Å². The van der Waals surface area contributed by atoms with Crippen molar-refractivity contribution in [2.45, 2.75) is 37.4 Å². The van der Waals surface area contributed by atoms with Crippen molar-refractivity contribution in [2.24, 2.45) is 5.11 Å². The first-order valence-corrected chi connectivity index (χ1v) is 4.34. The molecular weight excluding hydrogens is 169 g/mol. The number of azide groups is 1. The first kappa shape index (κ1) is 10.4. The highest BCUT2D eigenvalue weighted by Gasteiger charge is 2.25. The minimum atomic E-state index is -0.451. The van der Waals surface area contributed by atoms with Gasteiger partial charge in [0.25, 0.3) is 0 Å². The fourth-order valence-electron chi connectivity index (χ4n) is 1.46. The third-order valence-electron chi connectivity index (χ3n) is 2.15. The molecule has 70 valence electrons. The van der Waals surface area contributed by atoms with E-state index in [-0.39, 0.29) is 18.7 Å². The molecule has 0 saturated carbocycles. The van der Waals surface area contributed by atoms with Gasteiger partial charge >= 0.3 is 0 Å². The number of rotatable bonds is 2. The van der Waals surface area contributed by atoms with Crippen LogP contribution in [0.2, 0.25) is 0 Å². The maximum atomic E-state index is 8.97. The molecule has 0 amide bonds. The first-order valence-electron chi connectivity index (χ1n) is 4.34. The molecule has 0 aliphatic carbocycles. The second kappa shape index (κ2) is 5.12. The second-order valence-corrected chi connectivity index (χ2v) is 3.10. The predicted octanol–water partition coefficient (Wildman–Crippen LogP) is 0.721. The lowest BCUT2D eigenvalue weighted by Crippen LogP contribution is -2.32. The summed E-state index contributed by atoms with van der Waals surface area (Å²) < 4.78 is 5.29. The van der Waals surface area contributed by atoms with Crippen LogP contribution in [0.25, 0.3) is 10.4 Å². The molecule has 1 N–H and O–H groups in total. The van der Waals surface area contributed by atoms with E-state index in [9.17, 15) is 0 Å². The van der Waals surface area contributed by atoms with Gasteiger partial charge in [0, 0.05) is 10.9 Å². The molecule has 0 aromatic rings. The van der Waals surface area contributed by atoms with Crippen LogP contribution in [0, 0.1) is 0 Å². The summed E-state index contributed by atoms with van der Waals surface area (Å²) in [6, 6.07) is -0.639. The average Bonchev–Trinajstić information content (AvgIpc) is 2.29. The fraction of sp³-hybridized carbons (Fsp3) is 1.00. The molecule has 3 atom stereocenters. The lowest BCUT2D eigenvalue weighted by molar-refractivity contribution is -0.0101. The molecule has 0 aromatic heterocycles. The van der Waals surface area contributed by atoms with E-state index in [2.05, 4.69) is 10.0 Å². The Hall–Kier alpha value is -0.705. The van der Waals surface area contributed by atoms with Crippen molar-refractivity contribution in [2.75, 3.05) is 6.61 Å². The number of nitrogens with zero attached hydrogens (tertiary/aromatic N) is 3. The molecule has 0 aromatic carbocycles. The smallest absolute Gasteiger partial charge is 0.109 e. The van der Waals surface area contributed by atoms with Crippen molar-refractivity contribution in [3.05, 3.63) is 10.4 Å². The van der Waals surface area contributed by atoms with Gasteiger partial charge in [-0.1, -0.05) is 11.5 Å². The Morgan fingerprint density at radius 3 is 3.00 bits per heavy atom. The zero-order chi connectivity index (χ0) is 9.68. The largest absolute Gasteiger partial charge is 0.394 e. The lowest BCUT2D eigenvalue weighted by atomic mass is 9.95. The van der Waals surface area contributed by atoms with E-state index < -0.39 is 6.10 Å². The van der Waals surface area contributed by atoms with Gasteiger partial charge in [0.05, 0.1) is 18.8 Å². The Bertz CT molecular complexity index is 208. The third kappa shape index (κ3) is 2.92. The molecule has 6 heteroatoms. The van der Waals surface area contributed by atoms with Gasteiger partial charge in [-0.25, -0.2) is 0 Å². The third-order valence-corrected chi connectivity index (χ3v) is 2.15. The SMILES string of the molecule is [B]C1CCC[C@@H](N=[N+]=[N-])C(CO)O1. The summed E-state index contributed by atoms with van der Waals surface area (Å²) in [5.41, 5.74) is 8.28. The first-order chi connectivity index (χ1) is 6.27. The number of hydrogen-bond acceptors (Lipinski definition) is 3. The van der Waals surface area contributed by atoms with Gasteiger partial charge in [-0.15, -0.1) is 0 Å². The summed E-state index contributed by atoms with van der Waals surface area (Å²) >= 11 is 0. The van der Waals surface area contributed by atoms with Crippen molar-refractivity contribution in [1.29, 1.82) is 0 Å². The summed E-state index contributed by atoms with van der Waals surface area (Å²) in [6.07, 6.45) is 1.88. The Balaban J connectivity index is 2.63. The van der Waals surface area contributed by atoms with Gasteiger partial charge in [-0.05, 0) is 18.4 Å². The van der Waals surface area contributed by atoms with Gasteiger partial charge in [0.15, 0.2) is 0 Å². The highest BCUT2D eigenvalue weighted by Crippen LogP contribution is 2.19. The molecule has 2 unspecified atom stereocenters. The van der Waals surface area contributed by atoms with Crippen LogP contribution in [-0.4, -0.2) is 37.7 Å². The van der Waals surface area contributed by atoms with Gasteiger partial charge < -0.3 is 9.84 Å². The Kier molecular flexibility index (Phi) is 4.08. The summed E-state index contributed by atoms with van der Waals surface area (Å²) in [5, 5.41) is 12.5. The molecule has 1 heterocycles. The predicted molar refractivity (Wildman–Crippen MR) is 48.3 cm³/mol. The van der Waals surface area contributed by atoms with Crippen molar-refractivity contribution in [3.8, 4) is 0 Å². The van der Waals surface area contributed by atoms with Crippen LogP contribution in [0.5, 0.6) is 0 Å². The van der Waals surface area contributed by atoms with E-state index >= 15 is 0 Å². The van der Waals surface area contributed by atoms with E-state index in [1.54, 1.807) is 0 Å². The van der Waals surface area contributed by atoms with E-state index in [0.29, 0.717) is 0 Å². The zero-order valence-corrected chi connectivity index (χ0v) is 7.33. The molecule has 0 bridgehead atoms. The highest BCUT2D eigenvalue weighted by atomic mass is 16.5. The molecule has 2 radical (unpaired) electrons. The van der Waals surface area contributed by atoms with E-state index in [0.717, 1.165) is 19.3 Å². The number of ether oxygens (including phenoxy) is 1. The fourth-order valence-corrected chi connectivity index (χ4v) is 1.46. The maximum absolute atomic E-state index is 8.97. The van der Waals surface area contributed by atoms with Crippen LogP contribution < -0.4 is 0 Å². The van der Waals surface area contributed by atoms with Crippen molar-refractivity contribution in [3.63, 3.8) is 0 Å². The van der Waals surface area contributed by atoms with Crippen LogP contribution in [-0.2, 0) is 4.74 Å². The van der Waals surface area contributed by atoms with Crippen LogP contribution in [0.15, 0.2) is 5.11 Å². The summed E-state index contributed by atoms with van der Waals surface area (Å²) in [5.74, 6) is 0. The van der Waals surface area contributed by atoms with Crippen molar-refractivity contribution < 1.29 is 9.84 Å². The minimum Gasteiger partial charge on any atom is -0.394 e. The number of aliphatic hydroxyl groups excluding tert-OH is 1. The summed E-state index contributed by atoms with van der Waals surface area (Å²) in [7, 11) is 5.59. The molecule has 1 fully saturated rings. The van der Waals surface area contributed by atoms with Crippen LogP contribution >= 0.6 is 0 Å². The monoisotopic (exact) mass is 181 g/mol. The van der Waals surface area contributed by atoms with E-state index in [1.165, 1.54) is 0 Å². The molecule has 1 aliphatic rings. The minimum absolute atomic E-state index is 0.155. The topological polar surface area (TPSA) is 78.2 Å². The molecular formula is C7H12BN3O2. The van der Waals surface area contributed by atoms with Gasteiger partial charge in [0.2, 0.25) is 0 Å². The summed E-state index contributed by atoms with van der Waals surface area (Å²) in [4.78, 5) is 2.72. The van der Waals surface area contributed by atoms with Crippen molar-refractivity contribution >= 4 is 7.85 Å². The Morgan fingerprint density at radius 2 is 2.38 bits per heavy atom. The normalized spacial score (nSPS) is 34.7. The van der Waals surface area contributed by atoms with Gasteiger partial charge in [-0.3, -0.25) is 0 Å². The van der Waals surface area contributed by atoms with Gasteiger partial charge in [-0.2, -0.15) is 0 Å². The van der Waals surface area contributed by atoms with E-state index in [4.69, 9.17) is 23.2 Å². The average molecular weight is 181 g/mol. The van der Waals surface area contributed by atoms with Gasteiger partial charge in [0.1, 0.15) is 7.85 Å². The lowest BCUT2D eigenvalue weighted by Gasteiger charge is -2.21. The zero-order valence-electron chi connectivity index (χ0n) is 7.33. The van der Waals surface area contributed by atoms with Crippen molar-refractivity contribution in [1.82, 2.24) is 0 Å². The number of aliphatic hydroxyl groups is 1.